The number of unbranched alkanes of at least 4 members (excludes halogenated alkanes) is 15. The Morgan fingerprint density at radius 3 is 1.15 bits per heavy atom. The molecule has 0 saturated heterocycles. The van der Waals surface area contributed by atoms with Gasteiger partial charge in [0.2, 0.25) is 0 Å². The van der Waals surface area contributed by atoms with Crippen molar-refractivity contribution in [1.82, 2.24) is 0 Å². The van der Waals surface area contributed by atoms with Gasteiger partial charge < -0.3 is 0 Å². The van der Waals surface area contributed by atoms with E-state index in [2.05, 4.69) is 12.5 Å². The normalized spacial score (nSPS) is 12.2. The van der Waals surface area contributed by atoms with Crippen molar-refractivity contribution >= 4 is 11.2 Å². The molecule has 5 heteroatoms. The number of rotatable bonds is 19. The van der Waals surface area contributed by atoms with Crippen LogP contribution in [0.1, 0.15) is 109 Å². The Balaban J connectivity index is 3.03. The Morgan fingerprint density at radius 1 is 0.538 bits per heavy atom. The Hall–Kier alpha value is 0.100. The summed E-state index contributed by atoms with van der Waals surface area (Å²) in [7, 11) is 0. The predicted molar refractivity (Wildman–Crippen MR) is 110 cm³/mol. The topological polar surface area (TPSA) is 9.23 Å². The summed E-state index contributed by atoms with van der Waals surface area (Å²) in [6.07, 6.45) is 18.4. The molecule has 0 fully saturated rings. The summed E-state index contributed by atoms with van der Waals surface area (Å²) >= 11 is 0.126. The SMILES string of the molecule is C[S+](C)OCCCCCCCCCCCCCCCCCCC(F)(F)F. The third-order valence-corrected chi connectivity index (χ3v) is 5.31. The molecule has 0 aromatic rings. The van der Waals surface area contributed by atoms with E-state index >= 15 is 0 Å². The number of alkyl halides is 3. The molecular formula is C21H42F3OS+. The Labute approximate surface area is 163 Å². The van der Waals surface area contributed by atoms with Crippen LogP contribution in [0.15, 0.2) is 0 Å². The second kappa shape index (κ2) is 18.5. The van der Waals surface area contributed by atoms with E-state index in [-0.39, 0.29) is 11.2 Å². The molecule has 1 nitrogen and oxygen atoms in total. The van der Waals surface area contributed by atoms with Crippen molar-refractivity contribution in [3.05, 3.63) is 0 Å². The van der Waals surface area contributed by atoms with Gasteiger partial charge in [0.15, 0.2) is 0 Å². The first kappa shape index (κ1) is 26.1. The van der Waals surface area contributed by atoms with Crippen molar-refractivity contribution < 1.29 is 17.4 Å². The van der Waals surface area contributed by atoms with E-state index in [1.54, 1.807) is 0 Å². The van der Waals surface area contributed by atoms with Crippen LogP contribution in [0.4, 0.5) is 13.2 Å². The molecule has 0 aromatic heterocycles. The Morgan fingerprint density at radius 2 is 0.846 bits per heavy atom. The van der Waals surface area contributed by atoms with Gasteiger partial charge in [0.1, 0.15) is 30.3 Å². The van der Waals surface area contributed by atoms with E-state index in [9.17, 15) is 13.2 Å². The standard InChI is InChI=1S/C21H42F3OS/c1-26(2)25-20-18-16-14-12-10-8-6-4-3-5-7-9-11-13-15-17-19-21(22,23)24/h3-20H2,1-2H3/q+1. The van der Waals surface area contributed by atoms with Gasteiger partial charge in [0.05, 0.1) is 0 Å². The minimum Gasteiger partial charge on any atom is -0.175 e. The molecule has 158 valence electrons. The largest absolute Gasteiger partial charge is 0.389 e. The molecule has 0 aromatic carbocycles. The molecule has 0 spiro atoms. The molecule has 26 heavy (non-hydrogen) atoms. The molecule has 0 aliphatic carbocycles. The quantitative estimate of drug-likeness (QED) is 0.158. The maximum atomic E-state index is 12.0. The molecule has 0 saturated carbocycles. The van der Waals surface area contributed by atoms with Crippen molar-refractivity contribution in [3.63, 3.8) is 0 Å². The highest BCUT2D eigenvalue weighted by Gasteiger charge is 2.25. The van der Waals surface area contributed by atoms with Crippen molar-refractivity contribution in [3.8, 4) is 0 Å². The second-order valence-corrected chi connectivity index (χ2v) is 9.30. The monoisotopic (exact) mass is 399 g/mol. The van der Waals surface area contributed by atoms with Crippen LogP contribution >= 0.6 is 0 Å². The van der Waals surface area contributed by atoms with Crippen LogP contribution in [0.25, 0.3) is 0 Å². The molecule has 0 amide bonds. The van der Waals surface area contributed by atoms with Crippen LogP contribution < -0.4 is 0 Å². The van der Waals surface area contributed by atoms with Crippen LogP contribution in [0.3, 0.4) is 0 Å². The van der Waals surface area contributed by atoms with Crippen molar-refractivity contribution in [2.75, 3.05) is 19.1 Å². The summed E-state index contributed by atoms with van der Waals surface area (Å²) in [6, 6.07) is 0. The highest BCUT2D eigenvalue weighted by Crippen LogP contribution is 2.23. The van der Waals surface area contributed by atoms with Gasteiger partial charge in [0.25, 0.3) is 0 Å². The average Bonchev–Trinajstić information content (AvgIpc) is 2.55. The van der Waals surface area contributed by atoms with Gasteiger partial charge in [-0.25, -0.2) is 0 Å². The zero-order chi connectivity index (χ0) is 19.5. The van der Waals surface area contributed by atoms with Crippen LogP contribution in [0, 0.1) is 0 Å². The van der Waals surface area contributed by atoms with Gasteiger partial charge in [-0.1, -0.05) is 89.9 Å². The van der Waals surface area contributed by atoms with E-state index in [0.717, 1.165) is 25.9 Å². The molecule has 0 N–H and O–H groups in total. The molecule has 0 unspecified atom stereocenters. The van der Waals surface area contributed by atoms with Gasteiger partial charge in [-0.2, -0.15) is 17.4 Å². The van der Waals surface area contributed by atoms with Crippen LogP contribution in [-0.2, 0) is 15.4 Å². The third-order valence-electron chi connectivity index (χ3n) is 4.67. The Bertz CT molecular complexity index is 283. The summed E-state index contributed by atoms with van der Waals surface area (Å²) in [5.74, 6) is 0. The lowest BCUT2D eigenvalue weighted by Crippen LogP contribution is -2.06. The second-order valence-electron chi connectivity index (χ2n) is 7.59. The maximum Gasteiger partial charge on any atom is 0.389 e. The zero-order valence-corrected chi connectivity index (χ0v) is 18.0. The smallest absolute Gasteiger partial charge is 0.175 e. The van der Waals surface area contributed by atoms with E-state index < -0.39 is 12.6 Å². The molecule has 0 rings (SSSR count). The van der Waals surface area contributed by atoms with E-state index in [4.69, 9.17) is 4.18 Å². The first-order valence-electron chi connectivity index (χ1n) is 10.7. The lowest BCUT2D eigenvalue weighted by Gasteiger charge is -2.05. The summed E-state index contributed by atoms with van der Waals surface area (Å²) in [5, 5.41) is 0. The number of hydrogen-bond donors (Lipinski definition) is 0. The van der Waals surface area contributed by atoms with E-state index in [1.165, 1.54) is 77.0 Å². The molecule has 0 aliphatic rings. The maximum absolute atomic E-state index is 12.0. The first-order valence-corrected chi connectivity index (χ1v) is 12.7. The lowest BCUT2D eigenvalue weighted by atomic mass is 10.0. The van der Waals surface area contributed by atoms with Gasteiger partial charge in [-0.3, -0.25) is 0 Å². The van der Waals surface area contributed by atoms with Crippen LogP contribution in [0.5, 0.6) is 0 Å². The summed E-state index contributed by atoms with van der Waals surface area (Å²) in [5.41, 5.74) is 0. The average molecular weight is 400 g/mol. The minimum atomic E-state index is -3.97. The van der Waals surface area contributed by atoms with Crippen molar-refractivity contribution in [1.29, 1.82) is 0 Å². The van der Waals surface area contributed by atoms with Crippen LogP contribution in [-0.4, -0.2) is 25.3 Å². The van der Waals surface area contributed by atoms with Gasteiger partial charge in [0, 0.05) is 6.42 Å². The summed E-state index contributed by atoms with van der Waals surface area (Å²) < 4.78 is 41.5. The minimum absolute atomic E-state index is 0.126. The molecule has 0 aliphatic heterocycles. The highest BCUT2D eigenvalue weighted by molar-refractivity contribution is 7.90. The number of hydrogen-bond acceptors (Lipinski definition) is 1. The Kier molecular flexibility index (Phi) is 18.5. The molecule has 0 radical (unpaired) electrons. The zero-order valence-electron chi connectivity index (χ0n) is 17.2. The van der Waals surface area contributed by atoms with Crippen LogP contribution in [0.2, 0.25) is 0 Å². The lowest BCUT2D eigenvalue weighted by molar-refractivity contribution is -0.135. The molecule has 0 atom stereocenters. The highest BCUT2D eigenvalue weighted by atomic mass is 32.2. The van der Waals surface area contributed by atoms with Gasteiger partial charge >= 0.3 is 6.18 Å². The van der Waals surface area contributed by atoms with Gasteiger partial charge in [-0.15, -0.1) is 0 Å². The predicted octanol–water partition coefficient (Wildman–Crippen LogP) is 7.99. The van der Waals surface area contributed by atoms with E-state index in [0.29, 0.717) is 6.42 Å². The molecule has 0 heterocycles. The van der Waals surface area contributed by atoms with Crippen molar-refractivity contribution in [2.24, 2.45) is 0 Å². The molecule has 0 bridgehead atoms. The summed E-state index contributed by atoms with van der Waals surface area (Å²) in [4.78, 5) is 0. The fourth-order valence-corrected chi connectivity index (χ4v) is 3.58. The number of halogens is 3. The molecular weight excluding hydrogens is 357 g/mol. The summed E-state index contributed by atoms with van der Waals surface area (Å²) in [6.45, 7) is 0.920. The third kappa shape index (κ3) is 24.1. The fraction of sp³-hybridized carbons (Fsp3) is 1.00. The van der Waals surface area contributed by atoms with E-state index in [1.807, 2.05) is 0 Å². The van der Waals surface area contributed by atoms with Gasteiger partial charge in [-0.05, 0) is 12.8 Å². The first-order chi connectivity index (χ1) is 12.4. The van der Waals surface area contributed by atoms with Crippen molar-refractivity contribution in [2.45, 2.75) is 115 Å². The fourth-order valence-electron chi connectivity index (χ4n) is 3.13.